The second-order valence-electron chi connectivity index (χ2n) is 5.06. The van der Waals surface area contributed by atoms with E-state index in [0.717, 1.165) is 12.8 Å². The number of rotatable bonds is 9. The van der Waals surface area contributed by atoms with Crippen LogP contribution in [-0.4, -0.2) is 41.6 Å². The molecule has 2 unspecified atom stereocenters. The Morgan fingerprint density at radius 2 is 1.89 bits per heavy atom. The Morgan fingerprint density at radius 3 is 2.32 bits per heavy atom. The highest BCUT2D eigenvalue weighted by atomic mass is 16.4. The summed E-state index contributed by atoms with van der Waals surface area (Å²) in [5.74, 6) is -0.875. The number of nitrogens with one attached hydrogen (secondary N) is 1. The number of carboxylic acids is 1. The van der Waals surface area contributed by atoms with E-state index in [1.807, 2.05) is 13.8 Å². The zero-order valence-electron chi connectivity index (χ0n) is 12.6. The molecule has 2 amide bonds. The molecule has 0 heterocycles. The molecule has 0 aromatic rings. The second kappa shape index (κ2) is 9.64. The molecule has 0 radical (unpaired) electrons. The summed E-state index contributed by atoms with van der Waals surface area (Å²) < 4.78 is 0. The predicted octanol–water partition coefficient (Wildman–Crippen LogP) is 2.56. The van der Waals surface area contributed by atoms with Crippen molar-refractivity contribution in [3.8, 4) is 0 Å². The molecule has 2 atom stereocenters. The Labute approximate surface area is 116 Å². The lowest BCUT2D eigenvalue weighted by molar-refractivity contribution is -0.141. The first kappa shape index (κ1) is 17.7. The van der Waals surface area contributed by atoms with Gasteiger partial charge in [-0.1, -0.05) is 33.6 Å². The van der Waals surface area contributed by atoms with E-state index in [1.54, 1.807) is 4.90 Å². The van der Waals surface area contributed by atoms with E-state index in [-0.39, 0.29) is 12.6 Å². The van der Waals surface area contributed by atoms with Gasteiger partial charge in [0.2, 0.25) is 0 Å². The molecule has 0 aromatic heterocycles. The number of aliphatic carboxylic acids is 1. The summed E-state index contributed by atoms with van der Waals surface area (Å²) in [5.41, 5.74) is 0. The van der Waals surface area contributed by atoms with Crippen molar-refractivity contribution < 1.29 is 14.7 Å². The summed E-state index contributed by atoms with van der Waals surface area (Å²) >= 11 is 0. The maximum absolute atomic E-state index is 12.0. The predicted molar refractivity (Wildman–Crippen MR) is 76.1 cm³/mol. The van der Waals surface area contributed by atoms with Crippen molar-refractivity contribution in [1.82, 2.24) is 10.2 Å². The maximum Gasteiger partial charge on any atom is 0.317 e. The Hall–Kier alpha value is -1.26. The van der Waals surface area contributed by atoms with Gasteiger partial charge >= 0.3 is 12.0 Å². The first-order chi connectivity index (χ1) is 8.96. The summed E-state index contributed by atoms with van der Waals surface area (Å²) in [5, 5.41) is 11.8. The van der Waals surface area contributed by atoms with Crippen molar-refractivity contribution in [3.05, 3.63) is 0 Å². The van der Waals surface area contributed by atoms with Gasteiger partial charge in [0.1, 0.15) is 0 Å². The number of carbonyl (C=O) groups is 2. The van der Waals surface area contributed by atoms with Crippen LogP contribution in [0.25, 0.3) is 0 Å². The van der Waals surface area contributed by atoms with Crippen molar-refractivity contribution in [3.63, 3.8) is 0 Å². The van der Waals surface area contributed by atoms with Gasteiger partial charge in [-0.05, 0) is 19.3 Å². The Kier molecular flexibility index (Phi) is 9.00. The van der Waals surface area contributed by atoms with Gasteiger partial charge in [-0.2, -0.15) is 0 Å². The molecule has 5 heteroatoms. The van der Waals surface area contributed by atoms with Crippen LogP contribution in [0, 0.1) is 11.8 Å². The molecule has 0 saturated heterocycles. The molecule has 112 valence electrons. The second-order valence-corrected chi connectivity index (χ2v) is 5.06. The minimum atomic E-state index is -0.841. The summed E-state index contributed by atoms with van der Waals surface area (Å²) in [7, 11) is 0. The van der Waals surface area contributed by atoms with E-state index in [9.17, 15) is 9.59 Å². The molecule has 0 rings (SSSR count). The lowest BCUT2D eigenvalue weighted by atomic mass is 10.0. The van der Waals surface area contributed by atoms with Gasteiger partial charge in [0.25, 0.3) is 0 Å². The van der Waals surface area contributed by atoms with Crippen molar-refractivity contribution in [1.29, 1.82) is 0 Å². The summed E-state index contributed by atoms with van der Waals surface area (Å²) in [4.78, 5) is 24.7. The van der Waals surface area contributed by atoms with E-state index in [2.05, 4.69) is 19.2 Å². The fourth-order valence-corrected chi connectivity index (χ4v) is 1.84. The van der Waals surface area contributed by atoms with Gasteiger partial charge in [0.05, 0.1) is 5.92 Å². The van der Waals surface area contributed by atoms with E-state index in [0.29, 0.717) is 25.4 Å². The van der Waals surface area contributed by atoms with Gasteiger partial charge < -0.3 is 15.3 Å². The summed E-state index contributed by atoms with van der Waals surface area (Å²) in [6, 6.07) is -0.162. The van der Waals surface area contributed by atoms with Crippen LogP contribution in [0.1, 0.15) is 47.0 Å². The summed E-state index contributed by atoms with van der Waals surface area (Å²) in [6.45, 7) is 9.64. The minimum Gasteiger partial charge on any atom is -0.481 e. The number of carbonyl (C=O) groups excluding carboxylic acids is 1. The Balaban J connectivity index is 4.28. The number of hydrogen-bond donors (Lipinski definition) is 2. The molecule has 0 bridgehead atoms. The van der Waals surface area contributed by atoms with E-state index >= 15 is 0 Å². The average molecular weight is 272 g/mol. The number of nitrogens with zero attached hydrogens (tertiary/aromatic N) is 1. The molecule has 2 N–H and O–H groups in total. The summed E-state index contributed by atoms with van der Waals surface area (Å²) in [6.07, 6.45) is 2.42. The van der Waals surface area contributed by atoms with Gasteiger partial charge in [-0.3, -0.25) is 4.79 Å². The molecular weight excluding hydrogens is 244 g/mol. The monoisotopic (exact) mass is 272 g/mol. The van der Waals surface area contributed by atoms with Crippen molar-refractivity contribution in [2.45, 2.75) is 47.0 Å². The van der Waals surface area contributed by atoms with Crippen molar-refractivity contribution >= 4 is 12.0 Å². The molecule has 0 spiro atoms. The Bertz CT molecular complexity index is 282. The Morgan fingerprint density at radius 1 is 1.26 bits per heavy atom. The molecule has 19 heavy (non-hydrogen) atoms. The number of amides is 2. The van der Waals surface area contributed by atoms with Gasteiger partial charge in [-0.15, -0.1) is 0 Å². The highest BCUT2D eigenvalue weighted by Crippen LogP contribution is 2.07. The van der Waals surface area contributed by atoms with Gasteiger partial charge in [0.15, 0.2) is 0 Å². The largest absolute Gasteiger partial charge is 0.481 e. The third kappa shape index (κ3) is 7.03. The first-order valence-electron chi connectivity index (χ1n) is 7.21. The topological polar surface area (TPSA) is 69.6 Å². The van der Waals surface area contributed by atoms with Crippen LogP contribution in [0.15, 0.2) is 0 Å². The normalized spacial score (nSPS) is 13.7. The molecule has 0 aliphatic rings. The van der Waals surface area contributed by atoms with Crippen LogP contribution < -0.4 is 5.32 Å². The van der Waals surface area contributed by atoms with Gasteiger partial charge in [0, 0.05) is 19.6 Å². The fourth-order valence-electron chi connectivity index (χ4n) is 1.84. The molecule has 0 saturated carbocycles. The highest BCUT2D eigenvalue weighted by Gasteiger charge is 2.19. The molecule has 5 nitrogen and oxygen atoms in total. The van der Waals surface area contributed by atoms with Crippen LogP contribution in [0.2, 0.25) is 0 Å². The number of urea groups is 1. The highest BCUT2D eigenvalue weighted by molar-refractivity contribution is 5.76. The quantitative estimate of drug-likeness (QED) is 0.677. The van der Waals surface area contributed by atoms with Crippen LogP contribution >= 0.6 is 0 Å². The minimum absolute atomic E-state index is 0.162. The zero-order valence-corrected chi connectivity index (χ0v) is 12.6. The third-order valence-electron chi connectivity index (χ3n) is 3.38. The van der Waals surface area contributed by atoms with Crippen molar-refractivity contribution in [2.75, 3.05) is 19.6 Å². The number of carboxylic acid groups (broad SMARTS) is 1. The molecule has 0 aromatic carbocycles. The van der Waals surface area contributed by atoms with E-state index in [1.165, 1.54) is 0 Å². The molecule has 0 fully saturated rings. The van der Waals surface area contributed by atoms with Crippen LogP contribution in [0.4, 0.5) is 4.79 Å². The lowest BCUT2D eigenvalue weighted by Crippen LogP contribution is -2.44. The van der Waals surface area contributed by atoms with Crippen LogP contribution in [0.3, 0.4) is 0 Å². The van der Waals surface area contributed by atoms with E-state index in [4.69, 9.17) is 5.11 Å². The number of hydrogen-bond acceptors (Lipinski definition) is 2. The average Bonchev–Trinajstić information content (AvgIpc) is 2.39. The zero-order chi connectivity index (χ0) is 14.8. The lowest BCUT2D eigenvalue weighted by Gasteiger charge is -2.25. The fraction of sp³-hybridized carbons (Fsp3) is 0.857. The molecule has 0 aliphatic carbocycles. The molecular formula is C14H28N2O3. The van der Waals surface area contributed by atoms with Gasteiger partial charge in [-0.25, -0.2) is 4.79 Å². The third-order valence-corrected chi connectivity index (χ3v) is 3.38. The SMILES string of the molecule is CCCC(CNC(=O)N(CC)CC(C)CC)C(=O)O. The maximum atomic E-state index is 12.0. The molecule has 0 aliphatic heterocycles. The van der Waals surface area contributed by atoms with E-state index < -0.39 is 11.9 Å². The van der Waals surface area contributed by atoms with Crippen molar-refractivity contribution in [2.24, 2.45) is 11.8 Å². The first-order valence-corrected chi connectivity index (χ1v) is 7.21. The van der Waals surface area contributed by atoms with Crippen LogP contribution in [0.5, 0.6) is 0 Å². The standard InChI is InChI=1S/C14H28N2O3/c1-5-8-12(13(17)18)9-15-14(19)16(7-3)10-11(4)6-2/h11-12H,5-10H2,1-4H3,(H,15,19)(H,17,18). The van der Waals surface area contributed by atoms with Crippen LogP contribution in [-0.2, 0) is 4.79 Å². The smallest absolute Gasteiger partial charge is 0.317 e.